The van der Waals surface area contributed by atoms with Crippen LogP contribution >= 0.6 is 0 Å². The smallest absolute Gasteiger partial charge is 0.428 e. The van der Waals surface area contributed by atoms with Crippen LogP contribution < -0.4 is 10.2 Å². The number of rotatable bonds is 4. The maximum absolute atomic E-state index is 11.3. The molecule has 0 atom stereocenters. The summed E-state index contributed by atoms with van der Waals surface area (Å²) in [7, 11) is 0. The number of carbonyl (C=O) groups is 1. The molecule has 0 spiro atoms. The van der Waals surface area contributed by atoms with Crippen LogP contribution in [-0.2, 0) is 4.74 Å². The van der Waals surface area contributed by atoms with Gasteiger partial charge in [-0.2, -0.15) is 5.10 Å². The van der Waals surface area contributed by atoms with Crippen molar-refractivity contribution in [2.24, 2.45) is 5.10 Å². The molecule has 0 saturated carbocycles. The lowest BCUT2D eigenvalue weighted by Gasteiger charge is -2.18. The van der Waals surface area contributed by atoms with E-state index in [-0.39, 0.29) is 5.75 Å². The molecule has 0 aromatic heterocycles. The summed E-state index contributed by atoms with van der Waals surface area (Å²) in [5.74, 6) is 0.591. The molecular weight excluding hydrogens is 260 g/mol. The van der Waals surface area contributed by atoms with Crippen LogP contribution in [0.15, 0.2) is 23.3 Å². The second-order valence-corrected chi connectivity index (χ2v) is 5.03. The number of hydrazone groups is 1. The number of carbonyl (C=O) groups excluding carboxylic acids is 1. The summed E-state index contributed by atoms with van der Waals surface area (Å²) in [6, 6.07) is 4.83. The molecule has 1 amide bonds. The fourth-order valence-corrected chi connectivity index (χ4v) is 1.34. The van der Waals surface area contributed by atoms with Gasteiger partial charge in [0.25, 0.3) is 0 Å². The average molecular weight is 280 g/mol. The van der Waals surface area contributed by atoms with Crippen LogP contribution in [-0.4, -0.2) is 29.6 Å². The zero-order valence-electron chi connectivity index (χ0n) is 12.1. The zero-order valence-corrected chi connectivity index (χ0v) is 12.1. The van der Waals surface area contributed by atoms with Crippen molar-refractivity contribution in [3.05, 3.63) is 23.8 Å². The molecule has 6 nitrogen and oxygen atoms in total. The first-order chi connectivity index (χ1) is 9.31. The molecule has 1 aromatic carbocycles. The summed E-state index contributed by atoms with van der Waals surface area (Å²) in [4.78, 5) is 11.3. The van der Waals surface area contributed by atoms with Gasteiger partial charge in [-0.1, -0.05) is 0 Å². The summed E-state index contributed by atoms with van der Waals surface area (Å²) in [5, 5.41) is 13.5. The van der Waals surface area contributed by atoms with Gasteiger partial charge in [0.1, 0.15) is 17.1 Å². The molecule has 0 heterocycles. The number of phenolic OH excluding ortho intramolecular Hbond substituents is 1. The SMILES string of the molecule is CCOc1ccc(C=NNC(=O)OC(C)(C)C)c(O)c1. The summed E-state index contributed by atoms with van der Waals surface area (Å²) in [6.45, 7) is 7.65. The van der Waals surface area contributed by atoms with Gasteiger partial charge >= 0.3 is 6.09 Å². The lowest BCUT2D eigenvalue weighted by Crippen LogP contribution is -2.29. The zero-order chi connectivity index (χ0) is 15.2. The summed E-state index contributed by atoms with van der Waals surface area (Å²) in [5.41, 5.74) is 2.10. The fraction of sp³-hybridized carbons (Fsp3) is 0.429. The van der Waals surface area contributed by atoms with Crippen molar-refractivity contribution in [1.82, 2.24) is 5.43 Å². The molecule has 110 valence electrons. The minimum Gasteiger partial charge on any atom is -0.507 e. The molecule has 0 aliphatic heterocycles. The number of ether oxygens (including phenoxy) is 2. The van der Waals surface area contributed by atoms with Crippen LogP contribution in [0.2, 0.25) is 0 Å². The van der Waals surface area contributed by atoms with Crippen LogP contribution in [0.25, 0.3) is 0 Å². The number of benzene rings is 1. The molecule has 20 heavy (non-hydrogen) atoms. The van der Waals surface area contributed by atoms with Gasteiger partial charge in [-0.3, -0.25) is 0 Å². The van der Waals surface area contributed by atoms with E-state index in [1.807, 2.05) is 6.92 Å². The highest BCUT2D eigenvalue weighted by atomic mass is 16.6. The van der Waals surface area contributed by atoms with E-state index in [2.05, 4.69) is 10.5 Å². The maximum atomic E-state index is 11.3. The number of hydrogen-bond donors (Lipinski definition) is 2. The first-order valence-electron chi connectivity index (χ1n) is 6.29. The Hall–Kier alpha value is -2.24. The third-order valence-corrected chi connectivity index (χ3v) is 2.07. The number of hydrogen-bond acceptors (Lipinski definition) is 5. The molecule has 1 aromatic rings. The van der Waals surface area contributed by atoms with Crippen molar-refractivity contribution >= 4 is 12.3 Å². The first-order valence-corrected chi connectivity index (χ1v) is 6.29. The quantitative estimate of drug-likeness (QED) is 0.656. The van der Waals surface area contributed by atoms with Gasteiger partial charge in [0, 0.05) is 11.6 Å². The minimum absolute atomic E-state index is 0.0192. The Morgan fingerprint density at radius 1 is 1.45 bits per heavy atom. The van der Waals surface area contributed by atoms with Gasteiger partial charge in [0.15, 0.2) is 0 Å². The maximum Gasteiger partial charge on any atom is 0.428 e. The van der Waals surface area contributed by atoms with Gasteiger partial charge in [-0.15, -0.1) is 0 Å². The summed E-state index contributed by atoms with van der Waals surface area (Å²) < 4.78 is 10.3. The largest absolute Gasteiger partial charge is 0.507 e. The van der Waals surface area contributed by atoms with Crippen molar-refractivity contribution in [1.29, 1.82) is 0 Å². The Bertz CT molecular complexity index is 492. The molecule has 2 N–H and O–H groups in total. The first kappa shape index (κ1) is 15.8. The highest BCUT2D eigenvalue weighted by Crippen LogP contribution is 2.22. The van der Waals surface area contributed by atoms with E-state index >= 15 is 0 Å². The third-order valence-electron chi connectivity index (χ3n) is 2.07. The van der Waals surface area contributed by atoms with Crippen LogP contribution in [0.5, 0.6) is 11.5 Å². The molecule has 0 aliphatic carbocycles. The van der Waals surface area contributed by atoms with E-state index in [9.17, 15) is 9.90 Å². The normalized spacial score (nSPS) is 11.4. The predicted octanol–water partition coefficient (Wildman–Crippen LogP) is 2.65. The molecule has 0 bridgehead atoms. The van der Waals surface area contributed by atoms with E-state index < -0.39 is 11.7 Å². The monoisotopic (exact) mass is 280 g/mol. The molecule has 0 radical (unpaired) electrons. The van der Waals surface area contributed by atoms with Crippen molar-refractivity contribution < 1.29 is 19.4 Å². The lowest BCUT2D eigenvalue weighted by molar-refractivity contribution is 0.0529. The molecule has 0 aliphatic rings. The lowest BCUT2D eigenvalue weighted by atomic mass is 10.2. The van der Waals surface area contributed by atoms with E-state index in [4.69, 9.17) is 9.47 Å². The molecule has 0 unspecified atom stereocenters. The van der Waals surface area contributed by atoms with E-state index in [1.165, 1.54) is 12.3 Å². The topological polar surface area (TPSA) is 80.2 Å². The molecule has 6 heteroatoms. The molecular formula is C14H20N2O4. The van der Waals surface area contributed by atoms with Gasteiger partial charge in [0.2, 0.25) is 0 Å². The summed E-state index contributed by atoms with van der Waals surface area (Å²) >= 11 is 0. The Morgan fingerprint density at radius 2 is 2.15 bits per heavy atom. The second kappa shape index (κ2) is 6.79. The van der Waals surface area contributed by atoms with Crippen molar-refractivity contribution in [2.45, 2.75) is 33.3 Å². The van der Waals surface area contributed by atoms with E-state index in [0.717, 1.165) is 0 Å². The standard InChI is InChI=1S/C14H20N2O4/c1-5-19-11-7-6-10(12(17)8-11)9-15-16-13(18)20-14(2,3)4/h6-9,17H,5H2,1-4H3,(H,16,18). The van der Waals surface area contributed by atoms with Gasteiger partial charge in [0.05, 0.1) is 12.8 Å². The Morgan fingerprint density at radius 3 is 2.70 bits per heavy atom. The second-order valence-electron chi connectivity index (χ2n) is 5.03. The van der Waals surface area contributed by atoms with Gasteiger partial charge < -0.3 is 14.6 Å². The Kier molecular flexibility index (Phi) is 5.37. The highest BCUT2D eigenvalue weighted by molar-refractivity contribution is 5.84. The predicted molar refractivity (Wildman–Crippen MR) is 76.2 cm³/mol. The van der Waals surface area contributed by atoms with Crippen LogP contribution in [0.4, 0.5) is 4.79 Å². The number of nitrogens with one attached hydrogen (secondary N) is 1. The van der Waals surface area contributed by atoms with Gasteiger partial charge in [-0.25, -0.2) is 10.2 Å². The van der Waals surface area contributed by atoms with Crippen LogP contribution in [0.3, 0.4) is 0 Å². The van der Waals surface area contributed by atoms with E-state index in [1.54, 1.807) is 32.9 Å². The Labute approximate surface area is 118 Å². The van der Waals surface area contributed by atoms with E-state index in [0.29, 0.717) is 17.9 Å². The fourth-order valence-electron chi connectivity index (χ4n) is 1.34. The molecule has 0 saturated heterocycles. The third kappa shape index (κ3) is 5.60. The molecule has 1 rings (SSSR count). The average Bonchev–Trinajstić information content (AvgIpc) is 2.30. The van der Waals surface area contributed by atoms with Gasteiger partial charge in [-0.05, 0) is 39.8 Å². The van der Waals surface area contributed by atoms with Crippen LogP contribution in [0, 0.1) is 0 Å². The number of amides is 1. The number of aromatic hydroxyl groups is 1. The number of nitrogens with zero attached hydrogens (tertiary/aromatic N) is 1. The van der Waals surface area contributed by atoms with Crippen LogP contribution in [0.1, 0.15) is 33.3 Å². The van der Waals surface area contributed by atoms with Crippen molar-refractivity contribution in [3.8, 4) is 11.5 Å². The van der Waals surface area contributed by atoms with Crippen molar-refractivity contribution in [3.63, 3.8) is 0 Å². The molecule has 0 fully saturated rings. The van der Waals surface area contributed by atoms with Crippen molar-refractivity contribution in [2.75, 3.05) is 6.61 Å². The highest BCUT2D eigenvalue weighted by Gasteiger charge is 2.15. The minimum atomic E-state index is -0.654. The Balaban J connectivity index is 2.60. The number of phenols is 1. The summed E-state index contributed by atoms with van der Waals surface area (Å²) in [6.07, 6.45) is 0.675.